The number of nitrogens with zero attached hydrogens (tertiary/aromatic N) is 2. The van der Waals surface area contributed by atoms with Crippen LogP contribution in [0.5, 0.6) is 0 Å². The van der Waals surface area contributed by atoms with E-state index in [-0.39, 0.29) is 6.04 Å². The first kappa shape index (κ1) is 15.5. The van der Waals surface area contributed by atoms with E-state index < -0.39 is 0 Å². The average molecular weight is 349 g/mol. The van der Waals surface area contributed by atoms with Crippen molar-refractivity contribution in [1.29, 1.82) is 0 Å². The standard InChI is InChI=1S/C20H17ClN4/c21-19-4-2-1-3-16(19)17-11-24-12-18(17)20(25-10-9-23-13-25)14-5-7-15(22)8-6-14/h1-13,20,24H,22H2/t20-/m0/s1. The first-order valence-electron chi connectivity index (χ1n) is 7.98. The second-order valence-corrected chi connectivity index (χ2v) is 6.29. The molecular weight excluding hydrogens is 332 g/mol. The van der Waals surface area contributed by atoms with Crippen LogP contribution in [-0.4, -0.2) is 14.5 Å². The summed E-state index contributed by atoms with van der Waals surface area (Å²) >= 11 is 6.43. The monoisotopic (exact) mass is 348 g/mol. The third-order valence-corrected chi connectivity index (χ3v) is 4.64. The fourth-order valence-electron chi connectivity index (χ4n) is 3.13. The van der Waals surface area contributed by atoms with Crippen molar-refractivity contribution in [3.63, 3.8) is 0 Å². The zero-order chi connectivity index (χ0) is 17.2. The average Bonchev–Trinajstić information content (AvgIpc) is 3.30. The molecule has 0 aliphatic carbocycles. The topological polar surface area (TPSA) is 59.6 Å². The largest absolute Gasteiger partial charge is 0.399 e. The van der Waals surface area contributed by atoms with Gasteiger partial charge in [-0.3, -0.25) is 0 Å². The maximum absolute atomic E-state index is 6.43. The number of benzene rings is 2. The van der Waals surface area contributed by atoms with Gasteiger partial charge in [0.2, 0.25) is 0 Å². The van der Waals surface area contributed by atoms with E-state index in [0.717, 1.165) is 33.0 Å². The fourth-order valence-corrected chi connectivity index (χ4v) is 3.37. The lowest BCUT2D eigenvalue weighted by Crippen LogP contribution is -2.11. The summed E-state index contributed by atoms with van der Waals surface area (Å²) in [5.41, 5.74) is 10.9. The molecule has 2 aromatic carbocycles. The predicted molar refractivity (Wildman–Crippen MR) is 102 cm³/mol. The molecule has 4 nitrogen and oxygen atoms in total. The number of halogens is 1. The quantitative estimate of drug-likeness (QED) is 0.523. The van der Waals surface area contributed by atoms with Crippen LogP contribution in [0.15, 0.2) is 79.6 Å². The molecule has 0 radical (unpaired) electrons. The van der Waals surface area contributed by atoms with Crippen LogP contribution < -0.4 is 5.73 Å². The highest BCUT2D eigenvalue weighted by Crippen LogP contribution is 2.37. The highest BCUT2D eigenvalue weighted by Gasteiger charge is 2.21. The number of imidazole rings is 1. The van der Waals surface area contributed by atoms with Crippen molar-refractivity contribution in [3.05, 3.63) is 95.8 Å². The lowest BCUT2D eigenvalue weighted by Gasteiger charge is -2.20. The molecule has 0 spiro atoms. The summed E-state index contributed by atoms with van der Waals surface area (Å²) < 4.78 is 2.08. The van der Waals surface area contributed by atoms with Gasteiger partial charge in [-0.05, 0) is 23.8 Å². The summed E-state index contributed by atoms with van der Waals surface area (Å²) in [6, 6.07) is 15.8. The molecule has 4 rings (SSSR count). The van der Waals surface area contributed by atoms with Crippen LogP contribution >= 0.6 is 11.6 Å². The number of rotatable bonds is 4. The van der Waals surface area contributed by atoms with Crippen LogP contribution in [0.3, 0.4) is 0 Å². The second-order valence-electron chi connectivity index (χ2n) is 5.88. The molecule has 0 bridgehead atoms. The summed E-state index contributed by atoms with van der Waals surface area (Å²) in [6.07, 6.45) is 9.57. The molecule has 0 aliphatic rings. The molecule has 0 aliphatic heterocycles. The third kappa shape index (κ3) is 2.92. The van der Waals surface area contributed by atoms with Crippen LogP contribution in [0, 0.1) is 0 Å². The number of hydrogen-bond acceptors (Lipinski definition) is 2. The van der Waals surface area contributed by atoms with E-state index in [9.17, 15) is 0 Å². The number of H-pyrrole nitrogens is 1. The number of anilines is 1. The van der Waals surface area contributed by atoms with Crippen molar-refractivity contribution in [2.24, 2.45) is 0 Å². The highest BCUT2D eigenvalue weighted by molar-refractivity contribution is 6.33. The molecule has 0 amide bonds. The summed E-state index contributed by atoms with van der Waals surface area (Å²) in [6.45, 7) is 0. The van der Waals surface area contributed by atoms with Crippen LogP contribution in [0.4, 0.5) is 5.69 Å². The molecule has 5 heteroatoms. The Balaban J connectivity index is 1.89. The minimum Gasteiger partial charge on any atom is -0.399 e. The number of nitrogens with one attached hydrogen (secondary N) is 1. The van der Waals surface area contributed by atoms with Gasteiger partial charge in [-0.25, -0.2) is 4.98 Å². The van der Waals surface area contributed by atoms with Gasteiger partial charge in [0.15, 0.2) is 0 Å². The zero-order valence-electron chi connectivity index (χ0n) is 13.4. The molecule has 0 saturated carbocycles. The van der Waals surface area contributed by atoms with Gasteiger partial charge < -0.3 is 15.3 Å². The highest BCUT2D eigenvalue weighted by atomic mass is 35.5. The molecular formula is C20H17ClN4. The molecule has 3 N–H and O–H groups in total. The van der Waals surface area contributed by atoms with Crippen molar-refractivity contribution >= 4 is 17.3 Å². The van der Waals surface area contributed by atoms with Crippen molar-refractivity contribution in [3.8, 4) is 11.1 Å². The van der Waals surface area contributed by atoms with Gasteiger partial charge in [-0.15, -0.1) is 0 Å². The van der Waals surface area contributed by atoms with E-state index in [1.807, 2.05) is 73.4 Å². The van der Waals surface area contributed by atoms with Gasteiger partial charge in [-0.2, -0.15) is 0 Å². The van der Waals surface area contributed by atoms with Gasteiger partial charge in [-0.1, -0.05) is 41.9 Å². The Morgan fingerprint density at radius 1 is 1.00 bits per heavy atom. The molecule has 0 unspecified atom stereocenters. The Bertz CT molecular complexity index is 971. The van der Waals surface area contributed by atoms with Crippen LogP contribution in [-0.2, 0) is 0 Å². The molecule has 0 fully saturated rings. The Hall–Kier alpha value is -2.98. The number of aromatic amines is 1. The lowest BCUT2D eigenvalue weighted by atomic mass is 9.94. The number of nitrogens with two attached hydrogens (primary N) is 1. The van der Waals surface area contributed by atoms with Gasteiger partial charge >= 0.3 is 0 Å². The smallest absolute Gasteiger partial charge is 0.0954 e. The number of aromatic nitrogens is 3. The SMILES string of the molecule is Nc1ccc([C@@H](c2c[nH]cc2-c2ccccc2Cl)n2ccnc2)cc1. The third-order valence-electron chi connectivity index (χ3n) is 4.31. The normalized spacial score (nSPS) is 12.2. The minimum absolute atomic E-state index is 0.0272. The van der Waals surface area contributed by atoms with Crippen molar-refractivity contribution in [2.45, 2.75) is 6.04 Å². The van der Waals surface area contributed by atoms with E-state index in [1.165, 1.54) is 0 Å². The minimum atomic E-state index is -0.0272. The molecule has 4 aromatic rings. The van der Waals surface area contributed by atoms with Crippen molar-refractivity contribution < 1.29 is 0 Å². The Morgan fingerprint density at radius 2 is 1.80 bits per heavy atom. The summed E-state index contributed by atoms with van der Waals surface area (Å²) in [7, 11) is 0. The van der Waals surface area contributed by atoms with E-state index in [4.69, 9.17) is 17.3 Å². The maximum atomic E-state index is 6.43. The fraction of sp³-hybridized carbons (Fsp3) is 0.0500. The predicted octanol–water partition coefficient (Wildman–Crippen LogP) is 4.75. The van der Waals surface area contributed by atoms with Crippen molar-refractivity contribution in [2.75, 3.05) is 5.73 Å². The summed E-state index contributed by atoms with van der Waals surface area (Å²) in [4.78, 5) is 7.45. The van der Waals surface area contributed by atoms with E-state index in [2.05, 4.69) is 14.5 Å². The van der Waals surface area contributed by atoms with Gasteiger partial charge in [0.25, 0.3) is 0 Å². The first-order chi connectivity index (χ1) is 12.2. The molecule has 2 heterocycles. The van der Waals surface area contributed by atoms with E-state index >= 15 is 0 Å². The van der Waals surface area contributed by atoms with Crippen LogP contribution in [0.25, 0.3) is 11.1 Å². The van der Waals surface area contributed by atoms with Crippen LogP contribution in [0.1, 0.15) is 17.2 Å². The summed E-state index contributed by atoms with van der Waals surface area (Å²) in [5.74, 6) is 0. The van der Waals surface area contributed by atoms with Gasteiger partial charge in [0, 0.05) is 52.2 Å². The van der Waals surface area contributed by atoms with E-state index in [0.29, 0.717) is 0 Å². The van der Waals surface area contributed by atoms with Crippen molar-refractivity contribution in [1.82, 2.24) is 14.5 Å². The molecule has 124 valence electrons. The molecule has 2 aromatic heterocycles. The Morgan fingerprint density at radius 3 is 2.52 bits per heavy atom. The first-order valence-corrected chi connectivity index (χ1v) is 8.36. The Labute approximate surface area is 150 Å². The Kier molecular flexibility index (Phi) is 4.04. The molecule has 0 saturated heterocycles. The maximum Gasteiger partial charge on any atom is 0.0954 e. The zero-order valence-corrected chi connectivity index (χ0v) is 14.2. The number of nitrogen functional groups attached to an aromatic ring is 1. The lowest BCUT2D eigenvalue weighted by molar-refractivity contribution is 0.679. The van der Waals surface area contributed by atoms with Gasteiger partial charge in [0.05, 0.1) is 12.4 Å². The molecule has 1 atom stereocenters. The summed E-state index contributed by atoms with van der Waals surface area (Å²) in [5, 5.41) is 0.727. The van der Waals surface area contributed by atoms with E-state index in [1.54, 1.807) is 6.20 Å². The number of hydrogen-bond donors (Lipinski definition) is 2. The second kappa shape index (κ2) is 6.49. The molecule has 25 heavy (non-hydrogen) atoms. The van der Waals surface area contributed by atoms with Gasteiger partial charge in [0.1, 0.15) is 0 Å². The van der Waals surface area contributed by atoms with Crippen LogP contribution in [0.2, 0.25) is 5.02 Å².